The van der Waals surface area contributed by atoms with E-state index in [1.807, 2.05) is 6.07 Å². The van der Waals surface area contributed by atoms with Crippen LogP contribution in [0.1, 0.15) is 41.0 Å². The van der Waals surface area contributed by atoms with Gasteiger partial charge in [-0.05, 0) is 31.5 Å². The van der Waals surface area contributed by atoms with E-state index < -0.39 is 0 Å². The standard InChI is InChI=1S/C13H16N2O2/c1-4-8(2)14-9-5-6-10-11(7-9)13(17)15(3)12(10)16/h5-8,14H,4H2,1-3H3. The number of fused-ring (bicyclic) bond motifs is 1. The molecule has 0 saturated carbocycles. The molecule has 0 saturated heterocycles. The number of carbonyl (C=O) groups excluding carboxylic acids is 2. The largest absolute Gasteiger partial charge is 0.383 e. The van der Waals surface area contributed by atoms with E-state index in [2.05, 4.69) is 19.2 Å². The van der Waals surface area contributed by atoms with Crippen molar-refractivity contribution in [2.75, 3.05) is 12.4 Å². The fourth-order valence-electron chi connectivity index (χ4n) is 1.84. The molecular formula is C13H16N2O2. The van der Waals surface area contributed by atoms with Gasteiger partial charge in [-0.1, -0.05) is 6.92 Å². The first-order valence-corrected chi connectivity index (χ1v) is 5.77. The van der Waals surface area contributed by atoms with Crippen LogP contribution < -0.4 is 5.32 Å². The minimum atomic E-state index is -0.224. The Balaban J connectivity index is 2.33. The average molecular weight is 232 g/mol. The Morgan fingerprint density at radius 2 is 1.88 bits per heavy atom. The molecule has 4 nitrogen and oxygen atoms in total. The molecule has 0 fully saturated rings. The van der Waals surface area contributed by atoms with Crippen LogP contribution >= 0.6 is 0 Å². The SMILES string of the molecule is CCC(C)Nc1ccc2c(c1)C(=O)N(C)C2=O. The summed E-state index contributed by atoms with van der Waals surface area (Å²) in [6.45, 7) is 4.17. The number of amides is 2. The zero-order chi connectivity index (χ0) is 12.6. The molecule has 17 heavy (non-hydrogen) atoms. The summed E-state index contributed by atoms with van der Waals surface area (Å²) in [4.78, 5) is 24.6. The maximum atomic E-state index is 11.8. The Morgan fingerprint density at radius 3 is 2.53 bits per heavy atom. The van der Waals surface area contributed by atoms with Gasteiger partial charge >= 0.3 is 0 Å². The van der Waals surface area contributed by atoms with Gasteiger partial charge in [0, 0.05) is 18.8 Å². The quantitative estimate of drug-likeness (QED) is 0.812. The number of nitrogens with one attached hydrogen (secondary N) is 1. The second kappa shape index (κ2) is 4.20. The number of hydrogen-bond acceptors (Lipinski definition) is 3. The highest BCUT2D eigenvalue weighted by Gasteiger charge is 2.32. The molecule has 0 aromatic heterocycles. The van der Waals surface area contributed by atoms with Crippen molar-refractivity contribution in [3.63, 3.8) is 0 Å². The van der Waals surface area contributed by atoms with Crippen molar-refractivity contribution in [2.24, 2.45) is 0 Å². The summed E-state index contributed by atoms with van der Waals surface area (Å²) in [7, 11) is 1.51. The summed E-state index contributed by atoms with van der Waals surface area (Å²) in [5.74, 6) is -0.446. The Bertz CT molecular complexity index is 482. The normalized spacial score (nSPS) is 16.1. The van der Waals surface area contributed by atoms with Gasteiger partial charge in [0.1, 0.15) is 0 Å². The summed E-state index contributed by atoms with van der Waals surface area (Å²) >= 11 is 0. The summed E-state index contributed by atoms with van der Waals surface area (Å²) < 4.78 is 0. The molecule has 0 radical (unpaired) electrons. The zero-order valence-corrected chi connectivity index (χ0v) is 10.3. The first-order chi connectivity index (χ1) is 8.04. The van der Waals surface area contributed by atoms with Gasteiger partial charge in [-0.3, -0.25) is 14.5 Å². The molecule has 4 heteroatoms. The van der Waals surface area contributed by atoms with Gasteiger partial charge in [-0.2, -0.15) is 0 Å². The van der Waals surface area contributed by atoms with Crippen molar-refractivity contribution in [3.05, 3.63) is 29.3 Å². The predicted molar refractivity (Wildman–Crippen MR) is 66.2 cm³/mol. The molecule has 1 heterocycles. The van der Waals surface area contributed by atoms with Gasteiger partial charge in [0.05, 0.1) is 11.1 Å². The Morgan fingerprint density at radius 1 is 1.24 bits per heavy atom. The number of benzene rings is 1. The highest BCUT2D eigenvalue weighted by molar-refractivity contribution is 6.21. The maximum absolute atomic E-state index is 11.8. The molecule has 1 N–H and O–H groups in total. The monoisotopic (exact) mass is 232 g/mol. The van der Waals surface area contributed by atoms with Crippen LogP contribution in [0.4, 0.5) is 5.69 Å². The summed E-state index contributed by atoms with van der Waals surface area (Å²) in [5.41, 5.74) is 1.87. The first-order valence-electron chi connectivity index (χ1n) is 5.77. The van der Waals surface area contributed by atoms with Crippen molar-refractivity contribution in [3.8, 4) is 0 Å². The highest BCUT2D eigenvalue weighted by atomic mass is 16.2. The van der Waals surface area contributed by atoms with E-state index in [1.165, 1.54) is 7.05 Å². The van der Waals surface area contributed by atoms with Crippen LogP contribution in [0.15, 0.2) is 18.2 Å². The molecule has 1 aromatic rings. The van der Waals surface area contributed by atoms with E-state index in [-0.39, 0.29) is 11.8 Å². The summed E-state index contributed by atoms with van der Waals surface area (Å²) in [5, 5.41) is 3.29. The smallest absolute Gasteiger partial charge is 0.261 e. The van der Waals surface area contributed by atoms with E-state index in [0.717, 1.165) is 17.0 Å². The van der Waals surface area contributed by atoms with Crippen LogP contribution in [0.25, 0.3) is 0 Å². The van der Waals surface area contributed by atoms with Crippen molar-refractivity contribution in [1.29, 1.82) is 0 Å². The van der Waals surface area contributed by atoms with E-state index in [1.54, 1.807) is 12.1 Å². The van der Waals surface area contributed by atoms with Crippen LogP contribution in [-0.4, -0.2) is 29.8 Å². The predicted octanol–water partition coefficient (Wildman–Crippen LogP) is 2.12. The average Bonchev–Trinajstić information content (AvgIpc) is 2.54. The van der Waals surface area contributed by atoms with Crippen LogP contribution in [0.5, 0.6) is 0 Å². The van der Waals surface area contributed by atoms with Gasteiger partial charge in [-0.15, -0.1) is 0 Å². The van der Waals surface area contributed by atoms with Crippen molar-refractivity contribution in [2.45, 2.75) is 26.3 Å². The fraction of sp³-hybridized carbons (Fsp3) is 0.385. The molecule has 1 aliphatic rings. The number of rotatable bonds is 3. The zero-order valence-electron chi connectivity index (χ0n) is 10.3. The number of nitrogens with zero attached hydrogens (tertiary/aromatic N) is 1. The lowest BCUT2D eigenvalue weighted by molar-refractivity contribution is 0.0693. The van der Waals surface area contributed by atoms with Crippen molar-refractivity contribution < 1.29 is 9.59 Å². The molecule has 2 amide bonds. The topological polar surface area (TPSA) is 49.4 Å². The molecule has 0 spiro atoms. The van der Waals surface area contributed by atoms with Gasteiger partial charge < -0.3 is 5.32 Å². The minimum absolute atomic E-state index is 0.222. The molecule has 1 unspecified atom stereocenters. The van der Waals surface area contributed by atoms with E-state index in [9.17, 15) is 9.59 Å². The lowest BCUT2D eigenvalue weighted by atomic mass is 10.1. The fourth-order valence-corrected chi connectivity index (χ4v) is 1.84. The first kappa shape index (κ1) is 11.6. The number of imide groups is 1. The summed E-state index contributed by atoms with van der Waals surface area (Å²) in [6, 6.07) is 5.66. The van der Waals surface area contributed by atoms with Crippen LogP contribution in [0, 0.1) is 0 Å². The van der Waals surface area contributed by atoms with Crippen molar-refractivity contribution >= 4 is 17.5 Å². The molecule has 1 aliphatic heterocycles. The molecule has 90 valence electrons. The summed E-state index contributed by atoms with van der Waals surface area (Å²) in [6.07, 6.45) is 1.00. The van der Waals surface area contributed by atoms with Gasteiger partial charge in [0.25, 0.3) is 11.8 Å². The van der Waals surface area contributed by atoms with Crippen LogP contribution in [0.3, 0.4) is 0 Å². The maximum Gasteiger partial charge on any atom is 0.261 e. The Kier molecular flexibility index (Phi) is 2.88. The van der Waals surface area contributed by atoms with Crippen LogP contribution in [0.2, 0.25) is 0 Å². The second-order valence-electron chi connectivity index (χ2n) is 4.38. The number of anilines is 1. The molecule has 2 rings (SSSR count). The minimum Gasteiger partial charge on any atom is -0.383 e. The Labute approximate surface area is 101 Å². The molecule has 1 aromatic carbocycles. The van der Waals surface area contributed by atoms with Gasteiger partial charge in [-0.25, -0.2) is 0 Å². The van der Waals surface area contributed by atoms with E-state index in [4.69, 9.17) is 0 Å². The number of hydrogen-bond donors (Lipinski definition) is 1. The molecule has 0 aliphatic carbocycles. The second-order valence-corrected chi connectivity index (χ2v) is 4.38. The molecular weight excluding hydrogens is 216 g/mol. The lowest BCUT2D eigenvalue weighted by Crippen LogP contribution is -2.24. The molecule has 0 bridgehead atoms. The Hall–Kier alpha value is -1.84. The van der Waals surface area contributed by atoms with Gasteiger partial charge in [0.2, 0.25) is 0 Å². The molecule has 1 atom stereocenters. The lowest BCUT2D eigenvalue weighted by Gasteiger charge is -2.13. The highest BCUT2D eigenvalue weighted by Crippen LogP contribution is 2.25. The van der Waals surface area contributed by atoms with Crippen LogP contribution in [-0.2, 0) is 0 Å². The van der Waals surface area contributed by atoms with Gasteiger partial charge in [0.15, 0.2) is 0 Å². The number of carbonyl (C=O) groups is 2. The van der Waals surface area contributed by atoms with E-state index in [0.29, 0.717) is 17.2 Å². The third-order valence-corrected chi connectivity index (χ3v) is 3.12. The third-order valence-electron chi connectivity index (χ3n) is 3.12. The van der Waals surface area contributed by atoms with E-state index >= 15 is 0 Å². The third kappa shape index (κ3) is 1.90. The van der Waals surface area contributed by atoms with Crippen molar-refractivity contribution in [1.82, 2.24) is 4.90 Å².